The molecule has 1 aromatic carbocycles. The lowest BCUT2D eigenvalue weighted by atomic mass is 10.2. The number of hydrogen-bond donors (Lipinski definition) is 0. The smallest absolute Gasteiger partial charge is 0.269 e. The van der Waals surface area contributed by atoms with Crippen molar-refractivity contribution in [3.05, 3.63) is 39.9 Å². The summed E-state index contributed by atoms with van der Waals surface area (Å²) in [6.45, 7) is 0.913. The number of methoxy groups -OCH3 is 1. The van der Waals surface area contributed by atoms with Gasteiger partial charge in [-0.15, -0.1) is 0 Å². The summed E-state index contributed by atoms with van der Waals surface area (Å²) in [5.41, 5.74) is 0.824. The molecule has 0 radical (unpaired) electrons. The fraction of sp³-hybridized carbons (Fsp3) is 0.455. The molecule has 0 bridgehead atoms. The van der Waals surface area contributed by atoms with Crippen molar-refractivity contribution in [2.75, 3.05) is 20.3 Å². The van der Waals surface area contributed by atoms with E-state index in [0.29, 0.717) is 13.2 Å². The minimum atomic E-state index is -0.470. The molecule has 0 aliphatic carbocycles. The minimum absolute atomic E-state index is 0.0516. The van der Waals surface area contributed by atoms with Crippen LogP contribution in [0, 0.1) is 10.1 Å². The van der Waals surface area contributed by atoms with E-state index in [0.717, 1.165) is 5.56 Å². The number of non-ortho nitro benzene ring substituents is 1. The third-order valence-corrected chi connectivity index (χ3v) is 2.58. The zero-order valence-corrected chi connectivity index (χ0v) is 9.37. The molecule has 0 amide bonds. The molecule has 17 heavy (non-hydrogen) atoms. The van der Waals surface area contributed by atoms with Gasteiger partial charge in [-0.1, -0.05) is 0 Å². The van der Waals surface area contributed by atoms with Crippen molar-refractivity contribution < 1.29 is 19.1 Å². The number of nitrogens with zero attached hydrogens (tertiary/aromatic N) is 1. The number of nitro groups is 1. The average Bonchev–Trinajstić information content (AvgIpc) is 2.39. The molecule has 6 heteroatoms. The number of ether oxygens (including phenoxy) is 3. The van der Waals surface area contributed by atoms with Crippen LogP contribution in [-0.2, 0) is 14.2 Å². The predicted molar refractivity (Wildman–Crippen MR) is 58.5 cm³/mol. The Bertz CT molecular complexity index is 383. The summed E-state index contributed by atoms with van der Waals surface area (Å²) in [6.07, 6.45) is -0.522. The Hall–Kier alpha value is -1.50. The summed E-state index contributed by atoms with van der Waals surface area (Å²) >= 11 is 0. The maximum atomic E-state index is 10.5. The fourth-order valence-corrected chi connectivity index (χ4v) is 1.57. The van der Waals surface area contributed by atoms with Gasteiger partial charge in [-0.2, -0.15) is 0 Å². The van der Waals surface area contributed by atoms with Crippen LogP contribution in [0.5, 0.6) is 0 Å². The second kappa shape index (κ2) is 5.22. The number of hydrogen-bond acceptors (Lipinski definition) is 5. The lowest BCUT2D eigenvalue weighted by Crippen LogP contribution is -2.32. The molecule has 1 aliphatic rings. The predicted octanol–water partition coefficient (Wildman–Crippen LogP) is 1.66. The number of benzene rings is 1. The normalized spacial score (nSPS) is 24.5. The first kappa shape index (κ1) is 12.0. The fourth-order valence-electron chi connectivity index (χ4n) is 1.57. The Morgan fingerprint density at radius 3 is 2.35 bits per heavy atom. The first-order chi connectivity index (χ1) is 8.20. The van der Waals surface area contributed by atoms with Gasteiger partial charge in [-0.05, 0) is 12.1 Å². The van der Waals surface area contributed by atoms with Crippen LogP contribution in [-0.4, -0.2) is 31.4 Å². The van der Waals surface area contributed by atoms with Gasteiger partial charge in [-0.25, -0.2) is 0 Å². The van der Waals surface area contributed by atoms with Crippen molar-refractivity contribution in [1.82, 2.24) is 0 Å². The third kappa shape index (κ3) is 2.79. The Morgan fingerprint density at radius 2 is 1.88 bits per heavy atom. The van der Waals surface area contributed by atoms with E-state index in [2.05, 4.69) is 0 Å². The van der Waals surface area contributed by atoms with Crippen molar-refractivity contribution in [2.24, 2.45) is 0 Å². The number of rotatable bonds is 3. The van der Waals surface area contributed by atoms with Crippen molar-refractivity contribution in [3.63, 3.8) is 0 Å². The quantitative estimate of drug-likeness (QED) is 0.592. The van der Waals surface area contributed by atoms with Gasteiger partial charge in [0.05, 0.1) is 18.1 Å². The lowest BCUT2D eigenvalue weighted by molar-refractivity contribution is -0.384. The van der Waals surface area contributed by atoms with Crippen LogP contribution < -0.4 is 0 Å². The third-order valence-electron chi connectivity index (χ3n) is 2.58. The van der Waals surface area contributed by atoms with Gasteiger partial charge in [0.15, 0.2) is 6.29 Å². The first-order valence-corrected chi connectivity index (χ1v) is 5.21. The van der Waals surface area contributed by atoms with Gasteiger partial charge in [0.25, 0.3) is 5.69 Å². The average molecular weight is 239 g/mol. The van der Waals surface area contributed by atoms with Crippen LogP contribution in [0.15, 0.2) is 24.3 Å². The zero-order valence-electron chi connectivity index (χ0n) is 9.37. The molecule has 0 unspecified atom stereocenters. The van der Waals surface area contributed by atoms with Crippen molar-refractivity contribution in [1.29, 1.82) is 0 Å². The van der Waals surface area contributed by atoms with E-state index in [9.17, 15) is 10.1 Å². The van der Waals surface area contributed by atoms with Gasteiger partial charge in [0.1, 0.15) is 6.10 Å². The molecule has 0 aromatic heterocycles. The Labute approximate surface area is 98.2 Å². The van der Waals surface area contributed by atoms with Crippen molar-refractivity contribution in [2.45, 2.75) is 12.4 Å². The van der Waals surface area contributed by atoms with Crippen LogP contribution in [0.3, 0.4) is 0 Å². The Morgan fingerprint density at radius 1 is 1.29 bits per heavy atom. The van der Waals surface area contributed by atoms with Gasteiger partial charge >= 0.3 is 0 Å². The van der Waals surface area contributed by atoms with Gasteiger partial charge < -0.3 is 14.2 Å². The van der Waals surface area contributed by atoms with Crippen LogP contribution in [0.25, 0.3) is 0 Å². The lowest BCUT2D eigenvalue weighted by Gasteiger charge is -2.28. The maximum Gasteiger partial charge on any atom is 0.269 e. The molecule has 0 saturated carbocycles. The largest absolute Gasteiger partial charge is 0.377 e. The molecule has 2 rings (SSSR count). The zero-order chi connectivity index (χ0) is 12.3. The highest BCUT2D eigenvalue weighted by atomic mass is 16.7. The highest BCUT2D eigenvalue weighted by Gasteiger charge is 2.23. The van der Waals surface area contributed by atoms with Gasteiger partial charge in [0, 0.05) is 24.8 Å². The van der Waals surface area contributed by atoms with E-state index in [4.69, 9.17) is 14.2 Å². The summed E-state index contributed by atoms with van der Waals surface area (Å²) in [7, 11) is 1.60. The summed E-state index contributed by atoms with van der Waals surface area (Å²) < 4.78 is 16.0. The first-order valence-electron chi connectivity index (χ1n) is 5.21. The second-order valence-corrected chi connectivity index (χ2v) is 3.70. The molecule has 1 aromatic rings. The van der Waals surface area contributed by atoms with Crippen LogP contribution in [0.2, 0.25) is 0 Å². The van der Waals surface area contributed by atoms with Crippen molar-refractivity contribution in [3.8, 4) is 0 Å². The second-order valence-electron chi connectivity index (χ2n) is 3.70. The maximum absolute atomic E-state index is 10.5. The van der Waals surface area contributed by atoms with Crippen LogP contribution in [0.1, 0.15) is 11.9 Å². The van der Waals surface area contributed by atoms with E-state index >= 15 is 0 Å². The minimum Gasteiger partial charge on any atom is -0.377 e. The molecule has 1 fully saturated rings. The molecule has 1 aliphatic heterocycles. The summed E-state index contributed by atoms with van der Waals surface area (Å²) in [5, 5.41) is 10.5. The molecule has 92 valence electrons. The van der Waals surface area contributed by atoms with E-state index in [1.165, 1.54) is 12.1 Å². The summed E-state index contributed by atoms with van der Waals surface area (Å²) in [4.78, 5) is 10.1. The molecule has 1 heterocycles. The van der Waals surface area contributed by atoms with Gasteiger partial charge in [-0.3, -0.25) is 10.1 Å². The highest BCUT2D eigenvalue weighted by molar-refractivity contribution is 5.33. The van der Waals surface area contributed by atoms with E-state index in [1.54, 1.807) is 19.2 Å². The summed E-state index contributed by atoms with van der Waals surface area (Å²) in [6, 6.07) is 6.14. The molecule has 0 atom stereocenters. The molecule has 0 N–H and O–H groups in total. The van der Waals surface area contributed by atoms with Gasteiger partial charge in [0.2, 0.25) is 0 Å². The van der Waals surface area contributed by atoms with E-state index in [-0.39, 0.29) is 11.8 Å². The van der Waals surface area contributed by atoms with Crippen LogP contribution >= 0.6 is 0 Å². The Kier molecular flexibility index (Phi) is 3.68. The topological polar surface area (TPSA) is 70.8 Å². The standard InChI is InChI=1S/C11H13NO5/c1-15-10-6-16-11(17-7-10)8-2-4-9(5-3-8)12(13)14/h2-5,10-11H,6-7H2,1H3. The molecule has 1 saturated heterocycles. The van der Waals surface area contributed by atoms with Crippen molar-refractivity contribution >= 4 is 5.69 Å². The molecular weight excluding hydrogens is 226 g/mol. The van der Waals surface area contributed by atoms with E-state index in [1.807, 2.05) is 0 Å². The molecule has 0 spiro atoms. The van der Waals surface area contributed by atoms with E-state index < -0.39 is 11.2 Å². The molecular formula is C11H13NO5. The molecule has 6 nitrogen and oxygen atoms in total. The Balaban J connectivity index is 2.01. The SMILES string of the molecule is COC1COC(c2ccc([N+](=O)[O-])cc2)OC1. The summed E-state index contributed by atoms with van der Waals surface area (Å²) in [5.74, 6) is 0. The number of nitro benzene ring substituents is 1. The highest BCUT2D eigenvalue weighted by Crippen LogP contribution is 2.25. The monoisotopic (exact) mass is 239 g/mol. The van der Waals surface area contributed by atoms with Crippen LogP contribution in [0.4, 0.5) is 5.69 Å².